The molecule has 0 saturated carbocycles. The highest BCUT2D eigenvalue weighted by atomic mass is 16.5. The molecule has 2 atom stereocenters. The molecule has 1 N–H and O–H groups in total. The lowest BCUT2D eigenvalue weighted by molar-refractivity contribution is -0.137. The second-order valence-corrected chi connectivity index (χ2v) is 8.02. The standard InChI is InChI=1S/C21H32N4O3/c1-16-4-6-19(7-5-16)22-20(26)14-23-8-10-25(11-9-23)21(27)15-24-12-17(2)28-18(3)13-24/h4-7,17-18H,8-15H2,1-3H3,(H,22,26)/t17-,18-/m1/s1. The maximum Gasteiger partial charge on any atom is 0.238 e. The molecule has 0 unspecified atom stereocenters. The summed E-state index contributed by atoms with van der Waals surface area (Å²) in [5.74, 6) is 0.157. The molecular formula is C21H32N4O3. The zero-order valence-electron chi connectivity index (χ0n) is 17.2. The zero-order chi connectivity index (χ0) is 20.1. The van der Waals surface area contributed by atoms with Gasteiger partial charge in [0.1, 0.15) is 0 Å². The van der Waals surface area contributed by atoms with Crippen LogP contribution in [0.3, 0.4) is 0 Å². The summed E-state index contributed by atoms with van der Waals surface area (Å²) in [6.45, 7) is 11.3. The maximum absolute atomic E-state index is 12.6. The second-order valence-electron chi connectivity index (χ2n) is 8.02. The normalized spacial score (nSPS) is 24.2. The third-order valence-electron chi connectivity index (χ3n) is 5.28. The highest BCUT2D eigenvalue weighted by molar-refractivity contribution is 5.92. The smallest absolute Gasteiger partial charge is 0.238 e. The Morgan fingerprint density at radius 1 is 0.964 bits per heavy atom. The third kappa shape index (κ3) is 6.02. The van der Waals surface area contributed by atoms with Crippen molar-refractivity contribution in [3.05, 3.63) is 29.8 Å². The highest BCUT2D eigenvalue weighted by Gasteiger charge is 2.27. The number of carbonyl (C=O) groups is 2. The molecule has 154 valence electrons. The molecule has 1 aromatic rings. The zero-order valence-corrected chi connectivity index (χ0v) is 17.2. The van der Waals surface area contributed by atoms with Crippen molar-refractivity contribution in [3.63, 3.8) is 0 Å². The Labute approximate surface area is 167 Å². The van der Waals surface area contributed by atoms with Gasteiger partial charge in [0.05, 0.1) is 25.3 Å². The molecule has 0 aliphatic carbocycles. The van der Waals surface area contributed by atoms with E-state index in [-0.39, 0.29) is 24.0 Å². The molecule has 0 radical (unpaired) electrons. The van der Waals surface area contributed by atoms with Crippen molar-refractivity contribution in [2.45, 2.75) is 33.0 Å². The van der Waals surface area contributed by atoms with Crippen LogP contribution in [0.25, 0.3) is 0 Å². The Kier molecular flexibility index (Phi) is 7.04. The fourth-order valence-corrected chi connectivity index (χ4v) is 3.90. The van der Waals surface area contributed by atoms with Crippen molar-refractivity contribution in [2.24, 2.45) is 0 Å². The number of benzene rings is 1. The summed E-state index contributed by atoms with van der Waals surface area (Å²) in [5, 5.41) is 2.93. The maximum atomic E-state index is 12.6. The molecule has 2 aliphatic heterocycles. The molecule has 2 heterocycles. The summed E-state index contributed by atoms with van der Waals surface area (Å²) in [6, 6.07) is 7.79. The van der Waals surface area contributed by atoms with Crippen LogP contribution in [0.4, 0.5) is 5.69 Å². The first kappa shape index (κ1) is 20.8. The summed E-state index contributed by atoms with van der Waals surface area (Å²) in [7, 11) is 0. The van der Waals surface area contributed by atoms with E-state index in [0.29, 0.717) is 26.2 Å². The van der Waals surface area contributed by atoms with E-state index >= 15 is 0 Å². The van der Waals surface area contributed by atoms with Crippen molar-refractivity contribution >= 4 is 17.5 Å². The molecule has 7 nitrogen and oxygen atoms in total. The van der Waals surface area contributed by atoms with Gasteiger partial charge in [0.25, 0.3) is 0 Å². The predicted octanol–water partition coefficient (Wildman–Crippen LogP) is 1.19. The van der Waals surface area contributed by atoms with Crippen LogP contribution < -0.4 is 5.32 Å². The average Bonchev–Trinajstić information content (AvgIpc) is 2.63. The topological polar surface area (TPSA) is 65.1 Å². The molecule has 0 spiro atoms. The van der Waals surface area contributed by atoms with Gasteiger partial charge in [0.15, 0.2) is 0 Å². The first-order chi connectivity index (χ1) is 13.4. The number of hydrogen-bond donors (Lipinski definition) is 1. The number of nitrogens with zero attached hydrogens (tertiary/aromatic N) is 3. The number of hydrogen-bond acceptors (Lipinski definition) is 5. The van der Waals surface area contributed by atoms with Crippen molar-refractivity contribution in [1.82, 2.24) is 14.7 Å². The van der Waals surface area contributed by atoms with Crippen LogP contribution in [0.1, 0.15) is 19.4 Å². The minimum absolute atomic E-state index is 0.0140. The number of aryl methyl sites for hydroxylation is 1. The number of ether oxygens (including phenoxy) is 1. The third-order valence-corrected chi connectivity index (χ3v) is 5.28. The van der Waals surface area contributed by atoms with Crippen LogP contribution in [-0.2, 0) is 14.3 Å². The molecule has 2 amide bonds. The number of morpholine rings is 1. The van der Waals surface area contributed by atoms with Crippen molar-refractivity contribution in [3.8, 4) is 0 Å². The number of piperazine rings is 1. The van der Waals surface area contributed by atoms with E-state index in [4.69, 9.17) is 4.74 Å². The fraction of sp³-hybridized carbons (Fsp3) is 0.619. The van der Waals surface area contributed by atoms with Crippen molar-refractivity contribution in [1.29, 1.82) is 0 Å². The average molecular weight is 389 g/mol. The van der Waals surface area contributed by atoms with Gasteiger partial charge < -0.3 is 15.0 Å². The van der Waals surface area contributed by atoms with Crippen LogP contribution in [-0.4, -0.2) is 91.1 Å². The van der Waals surface area contributed by atoms with E-state index in [9.17, 15) is 9.59 Å². The number of rotatable bonds is 5. The Hall–Kier alpha value is -1.96. The molecule has 1 aromatic carbocycles. The largest absolute Gasteiger partial charge is 0.373 e. The van der Waals surface area contributed by atoms with Crippen LogP contribution in [0.5, 0.6) is 0 Å². The fourth-order valence-electron chi connectivity index (χ4n) is 3.90. The van der Waals surface area contributed by atoms with Crippen LogP contribution in [0.15, 0.2) is 24.3 Å². The second kappa shape index (κ2) is 9.49. The molecule has 0 aromatic heterocycles. The minimum Gasteiger partial charge on any atom is -0.373 e. The van der Waals surface area contributed by atoms with Crippen LogP contribution >= 0.6 is 0 Å². The lowest BCUT2D eigenvalue weighted by Crippen LogP contribution is -2.54. The summed E-state index contributed by atoms with van der Waals surface area (Å²) < 4.78 is 5.73. The Bertz CT molecular complexity index is 661. The monoisotopic (exact) mass is 388 g/mol. The van der Waals surface area contributed by atoms with Crippen molar-refractivity contribution < 1.29 is 14.3 Å². The van der Waals surface area contributed by atoms with Gasteiger partial charge in [0.2, 0.25) is 11.8 Å². The highest BCUT2D eigenvalue weighted by Crippen LogP contribution is 2.12. The van der Waals surface area contributed by atoms with Crippen LogP contribution in [0.2, 0.25) is 0 Å². The van der Waals surface area contributed by atoms with Gasteiger partial charge in [0, 0.05) is 45.0 Å². The Morgan fingerprint density at radius 3 is 2.18 bits per heavy atom. The van der Waals surface area contributed by atoms with Gasteiger partial charge in [-0.25, -0.2) is 0 Å². The molecule has 7 heteroatoms. The SMILES string of the molecule is Cc1ccc(NC(=O)CN2CCN(C(=O)CN3C[C@@H](C)O[C@H](C)C3)CC2)cc1. The number of anilines is 1. The number of carbonyl (C=O) groups excluding carboxylic acids is 2. The van der Waals surface area contributed by atoms with E-state index in [1.165, 1.54) is 5.56 Å². The van der Waals surface area contributed by atoms with Gasteiger partial charge in [-0.15, -0.1) is 0 Å². The lowest BCUT2D eigenvalue weighted by atomic mass is 10.2. The van der Waals surface area contributed by atoms with Gasteiger partial charge >= 0.3 is 0 Å². The van der Waals surface area contributed by atoms with Crippen LogP contribution in [0, 0.1) is 6.92 Å². The molecule has 3 rings (SSSR count). The number of amides is 2. The van der Waals surface area contributed by atoms with Gasteiger partial charge in [-0.1, -0.05) is 17.7 Å². The van der Waals surface area contributed by atoms with Gasteiger partial charge in [-0.05, 0) is 32.9 Å². The lowest BCUT2D eigenvalue weighted by Gasteiger charge is -2.38. The quantitative estimate of drug-likeness (QED) is 0.821. The molecule has 2 aliphatic rings. The first-order valence-corrected chi connectivity index (χ1v) is 10.1. The summed E-state index contributed by atoms with van der Waals surface area (Å²) >= 11 is 0. The van der Waals surface area contributed by atoms with E-state index in [0.717, 1.165) is 31.9 Å². The predicted molar refractivity (Wildman–Crippen MR) is 109 cm³/mol. The molecule has 2 saturated heterocycles. The van der Waals surface area contributed by atoms with E-state index in [1.54, 1.807) is 0 Å². The van der Waals surface area contributed by atoms with Crippen molar-refractivity contribution in [2.75, 3.05) is 57.7 Å². The Balaban J connectivity index is 1.39. The van der Waals surface area contributed by atoms with E-state index < -0.39 is 0 Å². The van der Waals surface area contributed by atoms with Gasteiger partial charge in [-0.2, -0.15) is 0 Å². The molecule has 0 bridgehead atoms. The first-order valence-electron chi connectivity index (χ1n) is 10.1. The molecule has 2 fully saturated rings. The van der Waals surface area contributed by atoms with Gasteiger partial charge in [-0.3, -0.25) is 19.4 Å². The molecule has 28 heavy (non-hydrogen) atoms. The molecular weight excluding hydrogens is 356 g/mol. The summed E-state index contributed by atoms with van der Waals surface area (Å²) in [6.07, 6.45) is 0.334. The number of nitrogens with one attached hydrogen (secondary N) is 1. The van der Waals surface area contributed by atoms with E-state index in [2.05, 4.69) is 15.1 Å². The van der Waals surface area contributed by atoms with E-state index in [1.807, 2.05) is 49.9 Å². The summed E-state index contributed by atoms with van der Waals surface area (Å²) in [5.41, 5.74) is 1.98. The Morgan fingerprint density at radius 2 is 1.57 bits per heavy atom. The minimum atomic E-state index is -0.0140. The summed E-state index contributed by atoms with van der Waals surface area (Å²) in [4.78, 5) is 31.1.